The molecule has 0 amide bonds. The molecule has 5 heteroatoms. The van der Waals surface area contributed by atoms with E-state index in [1.807, 2.05) is 7.05 Å². The molecule has 0 aliphatic heterocycles. The van der Waals surface area contributed by atoms with E-state index in [0.717, 1.165) is 19.3 Å². The van der Waals surface area contributed by atoms with Crippen LogP contribution in [0.25, 0.3) is 0 Å². The minimum absolute atomic E-state index is 0.0442. The van der Waals surface area contributed by atoms with Gasteiger partial charge in [0.2, 0.25) is 0 Å². The van der Waals surface area contributed by atoms with Crippen LogP contribution < -0.4 is 5.32 Å². The van der Waals surface area contributed by atoms with Gasteiger partial charge in [0.25, 0.3) is 0 Å². The van der Waals surface area contributed by atoms with E-state index < -0.39 is 16.6 Å². The van der Waals surface area contributed by atoms with E-state index in [-0.39, 0.29) is 16.3 Å². The van der Waals surface area contributed by atoms with E-state index in [9.17, 15) is 8.60 Å². The van der Waals surface area contributed by atoms with Gasteiger partial charge in [0.05, 0.1) is 21.1 Å². The topological polar surface area (TPSA) is 29.1 Å². The van der Waals surface area contributed by atoms with Gasteiger partial charge in [0.15, 0.2) is 0 Å². The number of benzene rings is 1. The van der Waals surface area contributed by atoms with Gasteiger partial charge in [-0.25, -0.2) is 4.39 Å². The van der Waals surface area contributed by atoms with Crippen LogP contribution in [0.2, 0.25) is 5.02 Å². The molecule has 0 bridgehead atoms. The van der Waals surface area contributed by atoms with Gasteiger partial charge in [-0.15, -0.1) is 0 Å². The van der Waals surface area contributed by atoms with Gasteiger partial charge in [0.1, 0.15) is 5.82 Å². The van der Waals surface area contributed by atoms with Crippen molar-refractivity contribution in [2.45, 2.75) is 55.2 Å². The van der Waals surface area contributed by atoms with E-state index in [2.05, 4.69) is 12.2 Å². The molecule has 2 rings (SSSR count). The van der Waals surface area contributed by atoms with Crippen LogP contribution in [0.3, 0.4) is 0 Å². The first-order valence-corrected chi connectivity index (χ1v) is 9.18. The van der Waals surface area contributed by atoms with Crippen LogP contribution in [0.15, 0.2) is 23.1 Å². The Labute approximate surface area is 133 Å². The van der Waals surface area contributed by atoms with Crippen molar-refractivity contribution < 1.29 is 8.60 Å². The van der Waals surface area contributed by atoms with Crippen molar-refractivity contribution in [1.82, 2.24) is 5.32 Å². The molecule has 1 fully saturated rings. The molecule has 1 N–H and O–H groups in total. The number of hydrogen-bond donors (Lipinski definition) is 1. The predicted octanol–water partition coefficient (Wildman–Crippen LogP) is 4.14. The highest BCUT2D eigenvalue weighted by molar-refractivity contribution is 7.85. The van der Waals surface area contributed by atoms with Crippen molar-refractivity contribution in [2.75, 3.05) is 7.05 Å². The van der Waals surface area contributed by atoms with Gasteiger partial charge in [-0.1, -0.05) is 31.4 Å². The van der Waals surface area contributed by atoms with Crippen molar-refractivity contribution >= 4 is 22.4 Å². The molecule has 0 heterocycles. The molecule has 1 aromatic rings. The van der Waals surface area contributed by atoms with Gasteiger partial charge in [-0.2, -0.15) is 0 Å². The van der Waals surface area contributed by atoms with Crippen LogP contribution in [-0.4, -0.2) is 22.5 Å². The second kappa shape index (κ2) is 7.70. The first-order chi connectivity index (χ1) is 10.1. The summed E-state index contributed by atoms with van der Waals surface area (Å²) in [4.78, 5) is 0.629. The number of rotatable bonds is 5. The van der Waals surface area contributed by atoms with Gasteiger partial charge in [-0.3, -0.25) is 4.21 Å². The molecule has 0 spiro atoms. The third-order valence-corrected chi connectivity index (χ3v) is 6.45. The third kappa shape index (κ3) is 4.05. The summed E-state index contributed by atoms with van der Waals surface area (Å²) in [6.07, 6.45) is 5.55. The van der Waals surface area contributed by atoms with Crippen LogP contribution in [0.1, 0.15) is 39.0 Å². The zero-order chi connectivity index (χ0) is 15.4. The van der Waals surface area contributed by atoms with Crippen molar-refractivity contribution in [2.24, 2.45) is 5.92 Å². The van der Waals surface area contributed by atoms with Crippen molar-refractivity contribution in [3.8, 4) is 0 Å². The van der Waals surface area contributed by atoms with E-state index in [4.69, 9.17) is 11.6 Å². The SMILES string of the molecule is CCCC1CCC(NC)C(S(=O)c2ccc(F)c(Cl)c2)C1. The molecule has 21 heavy (non-hydrogen) atoms. The molecular formula is C16H23ClFNOS. The molecule has 1 aliphatic rings. The summed E-state index contributed by atoms with van der Waals surface area (Å²) < 4.78 is 26.1. The lowest BCUT2D eigenvalue weighted by molar-refractivity contribution is 0.292. The van der Waals surface area contributed by atoms with Crippen LogP contribution in [-0.2, 0) is 10.8 Å². The van der Waals surface area contributed by atoms with E-state index in [0.29, 0.717) is 10.8 Å². The molecule has 1 saturated carbocycles. The van der Waals surface area contributed by atoms with Gasteiger partial charge in [0, 0.05) is 10.9 Å². The predicted molar refractivity (Wildman–Crippen MR) is 86.7 cm³/mol. The van der Waals surface area contributed by atoms with Crippen molar-refractivity contribution in [3.05, 3.63) is 29.0 Å². The summed E-state index contributed by atoms with van der Waals surface area (Å²) in [7, 11) is 0.767. The zero-order valence-electron chi connectivity index (χ0n) is 12.6. The zero-order valence-corrected chi connectivity index (χ0v) is 14.1. The summed E-state index contributed by atoms with van der Waals surface area (Å²) in [5.74, 6) is 0.180. The normalized spacial score (nSPS) is 27.5. The largest absolute Gasteiger partial charge is 0.316 e. The molecule has 4 atom stereocenters. The highest BCUT2D eigenvalue weighted by Crippen LogP contribution is 2.33. The average molecular weight is 332 g/mol. The van der Waals surface area contributed by atoms with Gasteiger partial charge >= 0.3 is 0 Å². The minimum atomic E-state index is -1.16. The fraction of sp³-hybridized carbons (Fsp3) is 0.625. The Kier molecular flexibility index (Phi) is 6.20. The molecule has 1 aromatic carbocycles. The molecule has 2 nitrogen and oxygen atoms in total. The van der Waals surface area contributed by atoms with Crippen LogP contribution >= 0.6 is 11.6 Å². The lowest BCUT2D eigenvalue weighted by Crippen LogP contribution is -2.44. The van der Waals surface area contributed by atoms with Crippen molar-refractivity contribution in [3.63, 3.8) is 0 Å². The third-order valence-electron chi connectivity index (χ3n) is 4.37. The molecule has 1 aliphatic carbocycles. The lowest BCUT2D eigenvalue weighted by atomic mass is 9.83. The second-order valence-corrected chi connectivity index (χ2v) is 7.85. The van der Waals surface area contributed by atoms with Crippen molar-refractivity contribution in [1.29, 1.82) is 0 Å². The summed E-state index contributed by atoms with van der Waals surface area (Å²) in [6.45, 7) is 2.19. The molecule has 118 valence electrons. The van der Waals surface area contributed by atoms with E-state index in [1.54, 1.807) is 6.07 Å². The fourth-order valence-electron chi connectivity index (χ4n) is 3.23. The summed E-state index contributed by atoms with van der Waals surface area (Å²) in [5.41, 5.74) is 0. The summed E-state index contributed by atoms with van der Waals surface area (Å²) in [6, 6.07) is 4.65. The number of hydrogen-bond acceptors (Lipinski definition) is 2. The first kappa shape index (κ1) is 16.9. The fourth-order valence-corrected chi connectivity index (χ4v) is 5.27. The number of halogens is 2. The quantitative estimate of drug-likeness (QED) is 0.878. The Bertz CT molecular complexity index is 511. The Morgan fingerprint density at radius 1 is 1.43 bits per heavy atom. The Morgan fingerprint density at radius 2 is 2.19 bits per heavy atom. The average Bonchev–Trinajstić information content (AvgIpc) is 2.49. The maximum atomic E-state index is 13.3. The van der Waals surface area contributed by atoms with Gasteiger partial charge in [-0.05, 0) is 50.4 Å². The maximum absolute atomic E-state index is 13.3. The summed E-state index contributed by atoms with van der Waals surface area (Å²) >= 11 is 5.82. The second-order valence-electron chi connectivity index (χ2n) is 5.77. The highest BCUT2D eigenvalue weighted by Gasteiger charge is 2.34. The summed E-state index contributed by atoms with van der Waals surface area (Å²) in [5, 5.41) is 3.41. The van der Waals surface area contributed by atoms with Crippen LogP contribution in [0, 0.1) is 11.7 Å². The molecule has 0 saturated heterocycles. The Morgan fingerprint density at radius 3 is 2.81 bits per heavy atom. The van der Waals surface area contributed by atoms with Gasteiger partial charge < -0.3 is 5.32 Å². The Balaban J connectivity index is 2.18. The first-order valence-electron chi connectivity index (χ1n) is 7.59. The molecule has 0 aromatic heterocycles. The lowest BCUT2D eigenvalue weighted by Gasteiger charge is -2.35. The van der Waals surface area contributed by atoms with Crippen LogP contribution in [0.4, 0.5) is 4.39 Å². The monoisotopic (exact) mass is 331 g/mol. The molecular weight excluding hydrogens is 309 g/mol. The Hall–Kier alpha value is -0.450. The standard InChI is InChI=1S/C16H23ClFNOS/c1-3-4-11-5-8-15(19-2)16(9-11)21(20)12-6-7-14(18)13(17)10-12/h6-7,10-11,15-16,19H,3-5,8-9H2,1-2H3. The molecule has 4 unspecified atom stereocenters. The minimum Gasteiger partial charge on any atom is -0.316 e. The van der Waals surface area contributed by atoms with Crippen LogP contribution in [0.5, 0.6) is 0 Å². The van der Waals surface area contributed by atoms with E-state index in [1.165, 1.54) is 25.0 Å². The molecule has 0 radical (unpaired) electrons. The maximum Gasteiger partial charge on any atom is 0.141 e. The smallest absolute Gasteiger partial charge is 0.141 e. The highest BCUT2D eigenvalue weighted by atomic mass is 35.5. The number of nitrogens with one attached hydrogen (secondary N) is 1. The van der Waals surface area contributed by atoms with E-state index >= 15 is 0 Å².